The highest BCUT2D eigenvalue weighted by Gasteiger charge is 2.00. The van der Waals surface area contributed by atoms with E-state index in [2.05, 4.69) is 55.0 Å². The average molecular weight is 309 g/mol. The highest BCUT2D eigenvalue weighted by Crippen LogP contribution is 2.11. The van der Waals surface area contributed by atoms with Gasteiger partial charge in [0.15, 0.2) is 0 Å². The Balaban J connectivity index is 1.94. The van der Waals surface area contributed by atoms with E-state index in [0.717, 1.165) is 41.8 Å². The summed E-state index contributed by atoms with van der Waals surface area (Å²) in [7, 11) is 0. The summed E-state index contributed by atoms with van der Waals surface area (Å²) in [6.07, 6.45) is 8.75. The molecule has 0 spiro atoms. The van der Waals surface area contributed by atoms with Crippen molar-refractivity contribution < 1.29 is 0 Å². The minimum atomic E-state index is 0.799. The Morgan fingerprint density at radius 3 is 3.06 bits per heavy atom. The molecule has 0 aliphatic carbocycles. The zero-order valence-corrected chi connectivity index (χ0v) is 12.0. The van der Waals surface area contributed by atoms with Crippen LogP contribution in [0.4, 0.5) is 0 Å². The van der Waals surface area contributed by atoms with Gasteiger partial charge < -0.3 is 9.88 Å². The lowest BCUT2D eigenvalue weighted by Gasteiger charge is -2.02. The first-order valence-electron chi connectivity index (χ1n) is 6.08. The maximum atomic E-state index is 4.37. The van der Waals surface area contributed by atoms with E-state index in [1.54, 1.807) is 6.20 Å². The lowest BCUT2D eigenvalue weighted by Crippen LogP contribution is -2.13. The van der Waals surface area contributed by atoms with Gasteiger partial charge in [-0.25, -0.2) is 4.98 Å². The van der Waals surface area contributed by atoms with Crippen LogP contribution in [0.2, 0.25) is 0 Å². The van der Waals surface area contributed by atoms with Gasteiger partial charge in [0.1, 0.15) is 0 Å². The molecular weight excluding hydrogens is 292 g/mol. The second-order valence-electron chi connectivity index (χ2n) is 4.23. The molecule has 0 fully saturated rings. The number of halogens is 1. The van der Waals surface area contributed by atoms with Crippen LogP contribution in [0.5, 0.6) is 0 Å². The molecule has 2 rings (SSSR count). The van der Waals surface area contributed by atoms with Gasteiger partial charge >= 0.3 is 0 Å². The van der Waals surface area contributed by atoms with E-state index >= 15 is 0 Å². The molecule has 2 aromatic heterocycles. The van der Waals surface area contributed by atoms with E-state index in [0.29, 0.717) is 0 Å². The first-order chi connectivity index (χ1) is 8.78. The average Bonchev–Trinajstić information content (AvgIpc) is 2.77. The maximum absolute atomic E-state index is 4.37. The van der Waals surface area contributed by atoms with E-state index in [9.17, 15) is 0 Å². The summed E-state index contributed by atoms with van der Waals surface area (Å²) in [5, 5.41) is 3.34. The third-order valence-electron chi connectivity index (χ3n) is 2.55. The Bertz CT molecular complexity index is 495. The number of imidazole rings is 1. The molecule has 5 heteroatoms. The fraction of sp³-hybridized carbons (Fsp3) is 0.385. The smallest absolute Gasteiger partial charge is 0.0953 e. The van der Waals surface area contributed by atoms with Crippen LogP contribution in [0.1, 0.15) is 24.6 Å². The van der Waals surface area contributed by atoms with Crippen molar-refractivity contribution in [3.8, 4) is 0 Å². The highest BCUT2D eigenvalue weighted by molar-refractivity contribution is 9.10. The van der Waals surface area contributed by atoms with Crippen molar-refractivity contribution in [3.05, 3.63) is 46.7 Å². The van der Waals surface area contributed by atoms with Crippen molar-refractivity contribution in [2.75, 3.05) is 6.54 Å². The molecule has 0 saturated heterocycles. The second kappa shape index (κ2) is 6.66. The number of rotatable bonds is 6. The summed E-state index contributed by atoms with van der Waals surface area (Å²) < 4.78 is 3.08. The van der Waals surface area contributed by atoms with Gasteiger partial charge in [0, 0.05) is 29.6 Å². The molecule has 2 heterocycles. The van der Waals surface area contributed by atoms with Crippen molar-refractivity contribution in [1.29, 1.82) is 0 Å². The largest absolute Gasteiger partial charge is 0.333 e. The van der Waals surface area contributed by atoms with Crippen molar-refractivity contribution in [2.45, 2.75) is 26.4 Å². The molecular formula is C13H17BrN4. The quantitative estimate of drug-likeness (QED) is 0.834. The Morgan fingerprint density at radius 1 is 1.39 bits per heavy atom. The van der Waals surface area contributed by atoms with E-state index in [1.165, 1.54) is 0 Å². The predicted molar refractivity (Wildman–Crippen MR) is 75.3 cm³/mol. The van der Waals surface area contributed by atoms with Crippen LogP contribution in [-0.4, -0.2) is 21.1 Å². The minimum Gasteiger partial charge on any atom is -0.333 e. The van der Waals surface area contributed by atoms with Crippen molar-refractivity contribution in [2.24, 2.45) is 0 Å². The molecule has 0 amide bonds. The molecule has 2 aromatic rings. The van der Waals surface area contributed by atoms with Gasteiger partial charge in [-0.05, 0) is 40.5 Å². The van der Waals surface area contributed by atoms with Crippen LogP contribution < -0.4 is 5.32 Å². The molecule has 0 unspecified atom stereocenters. The standard InChI is InChI=1S/C13H17BrN4/c1-2-3-15-7-13-9-18(10-17-13)8-11-4-12(14)6-16-5-11/h4-6,9-10,15H,2-3,7-8H2,1H3. The lowest BCUT2D eigenvalue weighted by atomic mass is 10.3. The zero-order valence-electron chi connectivity index (χ0n) is 10.4. The molecule has 0 atom stereocenters. The van der Waals surface area contributed by atoms with Gasteiger partial charge in [-0.1, -0.05) is 6.92 Å². The van der Waals surface area contributed by atoms with Crippen molar-refractivity contribution in [3.63, 3.8) is 0 Å². The number of aromatic nitrogens is 3. The fourth-order valence-corrected chi connectivity index (χ4v) is 2.14. The molecule has 96 valence electrons. The fourth-order valence-electron chi connectivity index (χ4n) is 1.73. The second-order valence-corrected chi connectivity index (χ2v) is 5.14. The van der Waals surface area contributed by atoms with Crippen LogP contribution >= 0.6 is 15.9 Å². The summed E-state index contributed by atoms with van der Waals surface area (Å²) in [6.45, 7) is 4.82. The van der Waals surface area contributed by atoms with Crippen LogP contribution in [0, 0.1) is 0 Å². The molecule has 0 bridgehead atoms. The molecule has 0 aliphatic heterocycles. The van der Waals surface area contributed by atoms with Crippen LogP contribution in [-0.2, 0) is 13.1 Å². The number of nitrogens with zero attached hydrogens (tertiary/aromatic N) is 3. The third kappa shape index (κ3) is 3.92. The van der Waals surface area contributed by atoms with E-state index < -0.39 is 0 Å². The number of nitrogens with one attached hydrogen (secondary N) is 1. The van der Waals surface area contributed by atoms with E-state index in [1.807, 2.05) is 12.5 Å². The summed E-state index contributed by atoms with van der Waals surface area (Å²) >= 11 is 3.43. The maximum Gasteiger partial charge on any atom is 0.0953 e. The van der Waals surface area contributed by atoms with Crippen LogP contribution in [0.3, 0.4) is 0 Å². The summed E-state index contributed by atoms with van der Waals surface area (Å²) in [5.74, 6) is 0. The summed E-state index contributed by atoms with van der Waals surface area (Å²) in [5.41, 5.74) is 2.24. The van der Waals surface area contributed by atoms with Gasteiger partial charge in [0.25, 0.3) is 0 Å². The lowest BCUT2D eigenvalue weighted by molar-refractivity contribution is 0.665. The van der Waals surface area contributed by atoms with Gasteiger partial charge in [-0.3, -0.25) is 4.98 Å². The molecule has 0 aliphatic rings. The number of pyridine rings is 1. The highest BCUT2D eigenvalue weighted by atomic mass is 79.9. The Hall–Kier alpha value is -1.20. The van der Waals surface area contributed by atoms with Crippen LogP contribution in [0.15, 0.2) is 35.5 Å². The minimum absolute atomic E-state index is 0.799. The zero-order chi connectivity index (χ0) is 12.8. The molecule has 0 saturated carbocycles. The molecule has 1 N–H and O–H groups in total. The van der Waals surface area contributed by atoms with Crippen LogP contribution in [0.25, 0.3) is 0 Å². The van der Waals surface area contributed by atoms with Gasteiger partial charge in [-0.15, -0.1) is 0 Å². The monoisotopic (exact) mass is 308 g/mol. The predicted octanol–water partition coefficient (Wildman–Crippen LogP) is 2.59. The van der Waals surface area contributed by atoms with Gasteiger partial charge in [-0.2, -0.15) is 0 Å². The normalized spacial score (nSPS) is 10.8. The topological polar surface area (TPSA) is 42.7 Å². The van der Waals surface area contributed by atoms with Crippen molar-refractivity contribution >= 4 is 15.9 Å². The number of hydrogen-bond donors (Lipinski definition) is 1. The molecule has 4 nitrogen and oxygen atoms in total. The first-order valence-corrected chi connectivity index (χ1v) is 6.88. The third-order valence-corrected chi connectivity index (χ3v) is 2.98. The van der Waals surface area contributed by atoms with Crippen molar-refractivity contribution in [1.82, 2.24) is 19.9 Å². The van der Waals surface area contributed by atoms with E-state index in [-0.39, 0.29) is 0 Å². The summed E-state index contributed by atoms with van der Waals surface area (Å²) in [4.78, 5) is 8.53. The van der Waals surface area contributed by atoms with Gasteiger partial charge in [0.05, 0.1) is 18.6 Å². The Kier molecular flexibility index (Phi) is 4.90. The molecule has 0 aromatic carbocycles. The Labute approximate surface area is 116 Å². The molecule has 18 heavy (non-hydrogen) atoms. The Morgan fingerprint density at radius 2 is 2.28 bits per heavy atom. The summed E-state index contributed by atoms with van der Waals surface area (Å²) in [6, 6.07) is 2.07. The van der Waals surface area contributed by atoms with E-state index in [4.69, 9.17) is 0 Å². The first kappa shape index (κ1) is 13.2. The molecule has 0 radical (unpaired) electrons. The SMILES string of the molecule is CCCNCc1cn(Cc2cncc(Br)c2)cn1. The number of hydrogen-bond acceptors (Lipinski definition) is 3. The van der Waals surface area contributed by atoms with Gasteiger partial charge in [0.2, 0.25) is 0 Å².